The maximum atomic E-state index is 11.5. The third-order valence-electron chi connectivity index (χ3n) is 2.31. The van der Waals surface area contributed by atoms with E-state index in [0.717, 1.165) is 10.0 Å². The Hall–Kier alpha value is -1.82. The SMILES string of the molecule is CCOC(=O)c1onc(-c2ccc(Br)cc2)c1N. The summed E-state index contributed by atoms with van der Waals surface area (Å²) in [5.74, 6) is -0.666. The smallest absolute Gasteiger partial charge is 0.379 e. The van der Waals surface area contributed by atoms with Crippen LogP contribution in [0.3, 0.4) is 0 Å². The Balaban J connectivity index is 2.36. The zero-order valence-electron chi connectivity index (χ0n) is 9.64. The number of ether oxygens (including phenoxy) is 1. The molecular formula is C12H11BrN2O3. The van der Waals surface area contributed by atoms with Crippen LogP contribution in [0.4, 0.5) is 5.69 Å². The summed E-state index contributed by atoms with van der Waals surface area (Å²) in [4.78, 5) is 11.5. The zero-order chi connectivity index (χ0) is 13.1. The van der Waals surface area contributed by atoms with E-state index < -0.39 is 5.97 Å². The number of aromatic nitrogens is 1. The van der Waals surface area contributed by atoms with Crippen LogP contribution in [0.15, 0.2) is 33.3 Å². The number of carbonyl (C=O) groups excluding carboxylic acids is 1. The van der Waals surface area contributed by atoms with Crippen LogP contribution in [0, 0.1) is 0 Å². The Kier molecular flexibility index (Phi) is 3.66. The number of nitrogen functional groups attached to an aromatic ring is 1. The first-order valence-corrected chi connectivity index (χ1v) is 6.11. The highest BCUT2D eigenvalue weighted by molar-refractivity contribution is 9.10. The second-order valence-corrected chi connectivity index (χ2v) is 4.42. The van der Waals surface area contributed by atoms with E-state index in [1.54, 1.807) is 6.92 Å². The number of esters is 1. The molecule has 0 atom stereocenters. The molecule has 0 fully saturated rings. The summed E-state index contributed by atoms with van der Waals surface area (Å²) in [6.45, 7) is 1.96. The molecule has 0 saturated carbocycles. The van der Waals surface area contributed by atoms with Crippen LogP contribution in [0.2, 0.25) is 0 Å². The van der Waals surface area contributed by atoms with Crippen molar-refractivity contribution in [2.24, 2.45) is 0 Å². The van der Waals surface area contributed by atoms with E-state index in [9.17, 15) is 4.79 Å². The molecule has 0 aliphatic carbocycles. The molecule has 0 saturated heterocycles. The molecule has 1 aromatic carbocycles. The second-order valence-electron chi connectivity index (χ2n) is 3.50. The van der Waals surface area contributed by atoms with Crippen LogP contribution in [0.5, 0.6) is 0 Å². The summed E-state index contributed by atoms with van der Waals surface area (Å²) in [5.41, 5.74) is 7.24. The highest BCUT2D eigenvalue weighted by Gasteiger charge is 2.21. The lowest BCUT2D eigenvalue weighted by Crippen LogP contribution is -2.06. The minimum absolute atomic E-state index is 0.0604. The van der Waals surface area contributed by atoms with Crippen LogP contribution < -0.4 is 5.73 Å². The van der Waals surface area contributed by atoms with Gasteiger partial charge in [0.25, 0.3) is 5.76 Å². The summed E-state index contributed by atoms with van der Waals surface area (Å²) in [5, 5.41) is 3.80. The molecule has 5 nitrogen and oxygen atoms in total. The van der Waals surface area contributed by atoms with Crippen molar-refractivity contribution in [1.29, 1.82) is 0 Å². The van der Waals surface area contributed by atoms with Crippen LogP contribution >= 0.6 is 15.9 Å². The average Bonchev–Trinajstić information content (AvgIpc) is 2.73. The van der Waals surface area contributed by atoms with E-state index in [-0.39, 0.29) is 18.1 Å². The van der Waals surface area contributed by atoms with Crippen molar-refractivity contribution in [1.82, 2.24) is 5.16 Å². The molecule has 0 bridgehead atoms. The van der Waals surface area contributed by atoms with Crippen molar-refractivity contribution in [2.75, 3.05) is 12.3 Å². The molecule has 2 N–H and O–H groups in total. The van der Waals surface area contributed by atoms with Crippen molar-refractivity contribution < 1.29 is 14.1 Å². The fraction of sp³-hybridized carbons (Fsp3) is 0.167. The summed E-state index contributed by atoms with van der Waals surface area (Å²) in [6, 6.07) is 7.36. The fourth-order valence-electron chi connectivity index (χ4n) is 1.46. The summed E-state index contributed by atoms with van der Waals surface area (Å²) in [6.07, 6.45) is 0. The summed E-state index contributed by atoms with van der Waals surface area (Å²) in [7, 11) is 0. The Morgan fingerprint density at radius 1 is 1.44 bits per heavy atom. The van der Waals surface area contributed by atoms with E-state index in [1.165, 1.54) is 0 Å². The van der Waals surface area contributed by atoms with E-state index in [0.29, 0.717) is 5.69 Å². The van der Waals surface area contributed by atoms with Crippen LogP contribution in [0.1, 0.15) is 17.5 Å². The van der Waals surface area contributed by atoms with E-state index in [1.807, 2.05) is 24.3 Å². The Morgan fingerprint density at radius 3 is 2.72 bits per heavy atom. The van der Waals surface area contributed by atoms with E-state index >= 15 is 0 Å². The van der Waals surface area contributed by atoms with Gasteiger partial charge in [-0.1, -0.05) is 33.2 Å². The Labute approximate surface area is 112 Å². The number of carbonyl (C=O) groups is 1. The second kappa shape index (κ2) is 5.22. The summed E-state index contributed by atoms with van der Waals surface area (Å²) < 4.78 is 10.7. The molecule has 0 radical (unpaired) electrons. The lowest BCUT2D eigenvalue weighted by atomic mass is 10.1. The van der Waals surface area contributed by atoms with Crippen molar-refractivity contribution in [3.63, 3.8) is 0 Å². The van der Waals surface area contributed by atoms with Gasteiger partial charge in [-0.3, -0.25) is 0 Å². The number of rotatable bonds is 3. The normalized spacial score (nSPS) is 10.3. The first kappa shape index (κ1) is 12.6. The van der Waals surface area contributed by atoms with Gasteiger partial charge in [0.1, 0.15) is 11.4 Å². The van der Waals surface area contributed by atoms with Gasteiger partial charge < -0.3 is 15.0 Å². The molecule has 0 unspecified atom stereocenters. The lowest BCUT2D eigenvalue weighted by molar-refractivity contribution is 0.0481. The largest absolute Gasteiger partial charge is 0.460 e. The maximum absolute atomic E-state index is 11.5. The summed E-state index contributed by atoms with van der Waals surface area (Å²) >= 11 is 3.34. The quantitative estimate of drug-likeness (QED) is 0.882. The standard InChI is InChI=1S/C12H11BrN2O3/c1-2-17-12(16)11-9(14)10(15-18-11)7-3-5-8(13)6-4-7/h3-6H,2,14H2,1H3. The Bertz CT molecular complexity index is 563. The van der Waals surface area contributed by atoms with Gasteiger partial charge in [-0.2, -0.15) is 0 Å². The molecular weight excluding hydrogens is 300 g/mol. The van der Waals surface area contributed by atoms with Gasteiger partial charge in [-0.25, -0.2) is 4.79 Å². The predicted octanol–water partition coefficient (Wildman–Crippen LogP) is 2.86. The molecule has 0 spiro atoms. The van der Waals surface area contributed by atoms with Crippen LogP contribution in [-0.4, -0.2) is 17.7 Å². The van der Waals surface area contributed by atoms with Gasteiger partial charge in [0, 0.05) is 10.0 Å². The Morgan fingerprint density at radius 2 is 2.11 bits per heavy atom. The molecule has 94 valence electrons. The molecule has 6 heteroatoms. The molecule has 0 aliphatic rings. The van der Waals surface area contributed by atoms with Crippen molar-refractivity contribution >= 4 is 27.6 Å². The number of nitrogens with zero attached hydrogens (tertiary/aromatic N) is 1. The van der Waals surface area contributed by atoms with Crippen molar-refractivity contribution in [2.45, 2.75) is 6.92 Å². The molecule has 0 amide bonds. The van der Waals surface area contributed by atoms with Gasteiger partial charge in [0.15, 0.2) is 0 Å². The number of anilines is 1. The number of hydrogen-bond donors (Lipinski definition) is 1. The molecule has 0 aliphatic heterocycles. The van der Waals surface area contributed by atoms with E-state index in [2.05, 4.69) is 21.1 Å². The van der Waals surface area contributed by atoms with Gasteiger partial charge >= 0.3 is 5.97 Å². The molecule has 1 aromatic heterocycles. The third-order valence-corrected chi connectivity index (χ3v) is 2.84. The number of halogens is 1. The predicted molar refractivity (Wildman–Crippen MR) is 70.0 cm³/mol. The van der Waals surface area contributed by atoms with Crippen molar-refractivity contribution in [3.05, 3.63) is 34.5 Å². The lowest BCUT2D eigenvalue weighted by Gasteiger charge is -1.99. The zero-order valence-corrected chi connectivity index (χ0v) is 11.2. The van der Waals surface area contributed by atoms with Gasteiger partial charge in [0.05, 0.1) is 6.61 Å². The molecule has 18 heavy (non-hydrogen) atoms. The minimum atomic E-state index is -0.606. The van der Waals surface area contributed by atoms with E-state index in [4.69, 9.17) is 15.0 Å². The third kappa shape index (κ3) is 2.38. The fourth-order valence-corrected chi connectivity index (χ4v) is 1.72. The number of hydrogen-bond acceptors (Lipinski definition) is 5. The van der Waals surface area contributed by atoms with Crippen LogP contribution in [-0.2, 0) is 4.74 Å². The van der Waals surface area contributed by atoms with Gasteiger partial charge in [-0.05, 0) is 19.1 Å². The maximum Gasteiger partial charge on any atom is 0.379 e. The van der Waals surface area contributed by atoms with Crippen LogP contribution in [0.25, 0.3) is 11.3 Å². The van der Waals surface area contributed by atoms with Gasteiger partial charge in [0.2, 0.25) is 0 Å². The highest BCUT2D eigenvalue weighted by Crippen LogP contribution is 2.29. The first-order valence-electron chi connectivity index (χ1n) is 5.31. The topological polar surface area (TPSA) is 78.3 Å². The average molecular weight is 311 g/mol. The molecule has 2 rings (SSSR count). The van der Waals surface area contributed by atoms with Crippen molar-refractivity contribution in [3.8, 4) is 11.3 Å². The highest BCUT2D eigenvalue weighted by atomic mass is 79.9. The molecule has 2 aromatic rings. The first-order chi connectivity index (χ1) is 8.63. The number of nitrogens with two attached hydrogens (primary N) is 1. The molecule has 1 heterocycles. The number of benzene rings is 1. The monoisotopic (exact) mass is 310 g/mol. The van der Waals surface area contributed by atoms with Gasteiger partial charge in [-0.15, -0.1) is 0 Å². The minimum Gasteiger partial charge on any atom is -0.460 e.